The van der Waals surface area contributed by atoms with E-state index in [1.165, 1.54) is 6.08 Å². The topological polar surface area (TPSA) is 94.8 Å². The molecular weight excluding hydrogens is 358 g/mol. The number of hydrogen-bond donors (Lipinski definition) is 2. The van der Waals surface area contributed by atoms with Gasteiger partial charge in [0.05, 0.1) is 6.61 Å². The number of aliphatic hydroxyl groups excluding tert-OH is 1. The van der Waals surface area contributed by atoms with Gasteiger partial charge in [0.25, 0.3) is 5.91 Å². The first kappa shape index (κ1) is 19.3. The molecule has 1 aliphatic rings. The van der Waals surface area contributed by atoms with E-state index >= 15 is 0 Å². The van der Waals surface area contributed by atoms with Gasteiger partial charge in [-0.3, -0.25) is 4.79 Å². The second-order valence-electron chi connectivity index (χ2n) is 6.22. The van der Waals surface area contributed by atoms with Crippen molar-refractivity contribution in [2.45, 2.75) is 0 Å². The first-order valence-electron chi connectivity index (χ1n) is 8.85. The van der Waals surface area contributed by atoms with Crippen LogP contribution in [0.25, 0.3) is 6.08 Å². The minimum atomic E-state index is -0.499. The predicted octanol–water partition coefficient (Wildman–Crippen LogP) is 2.43. The fraction of sp³-hybridized carbons (Fsp3) is 0.238. The Morgan fingerprint density at radius 2 is 1.93 bits per heavy atom. The van der Waals surface area contributed by atoms with Gasteiger partial charge in [0, 0.05) is 31.0 Å². The SMILES string of the molecule is CN(CCO)c1ccc(/C=C(\C#N)C(=O)Nc2ccc3c(c2)OCCO3)cc1. The molecule has 1 aliphatic heterocycles. The molecule has 2 aromatic rings. The summed E-state index contributed by atoms with van der Waals surface area (Å²) in [6.45, 7) is 1.54. The Hall–Kier alpha value is -3.50. The number of ether oxygens (including phenoxy) is 2. The molecule has 0 aliphatic carbocycles. The van der Waals surface area contributed by atoms with Crippen molar-refractivity contribution in [2.75, 3.05) is 43.6 Å². The zero-order chi connectivity index (χ0) is 19.9. The molecule has 0 saturated heterocycles. The van der Waals surface area contributed by atoms with Crippen molar-refractivity contribution in [3.8, 4) is 17.6 Å². The van der Waals surface area contributed by atoms with E-state index in [4.69, 9.17) is 14.6 Å². The van der Waals surface area contributed by atoms with Crippen molar-refractivity contribution < 1.29 is 19.4 Å². The standard InChI is InChI=1S/C21H21N3O4/c1-24(8-9-25)18-5-2-15(3-6-18)12-16(14-22)21(26)23-17-4-7-19-20(13-17)28-11-10-27-19/h2-7,12-13,25H,8-11H2,1H3,(H,23,26)/b16-12+. The Morgan fingerprint density at radius 3 is 2.61 bits per heavy atom. The smallest absolute Gasteiger partial charge is 0.266 e. The van der Waals surface area contributed by atoms with Gasteiger partial charge in [0.1, 0.15) is 24.9 Å². The second kappa shape index (κ2) is 8.93. The summed E-state index contributed by atoms with van der Waals surface area (Å²) in [5, 5.41) is 21.1. The quantitative estimate of drug-likeness (QED) is 0.591. The average Bonchev–Trinajstić information content (AvgIpc) is 2.72. The molecule has 0 radical (unpaired) electrons. The van der Waals surface area contributed by atoms with E-state index in [9.17, 15) is 10.1 Å². The van der Waals surface area contributed by atoms with Crippen LogP contribution in [0, 0.1) is 11.3 Å². The first-order valence-corrected chi connectivity index (χ1v) is 8.85. The third-order valence-corrected chi connectivity index (χ3v) is 4.25. The lowest BCUT2D eigenvalue weighted by atomic mass is 10.1. The van der Waals surface area contributed by atoms with Gasteiger partial charge in [0.2, 0.25) is 0 Å². The molecule has 1 heterocycles. The molecule has 0 fully saturated rings. The van der Waals surface area contributed by atoms with Crippen molar-refractivity contribution >= 4 is 23.4 Å². The zero-order valence-electron chi connectivity index (χ0n) is 15.5. The Morgan fingerprint density at radius 1 is 1.21 bits per heavy atom. The van der Waals surface area contributed by atoms with Gasteiger partial charge in [-0.25, -0.2) is 0 Å². The summed E-state index contributed by atoms with van der Waals surface area (Å²) in [5.74, 6) is 0.696. The van der Waals surface area contributed by atoms with E-state index in [0.29, 0.717) is 36.9 Å². The van der Waals surface area contributed by atoms with E-state index in [0.717, 1.165) is 11.3 Å². The number of fused-ring (bicyclic) bond motifs is 1. The van der Waals surface area contributed by atoms with Gasteiger partial charge in [-0.15, -0.1) is 0 Å². The Balaban J connectivity index is 1.72. The second-order valence-corrected chi connectivity index (χ2v) is 6.22. The number of aliphatic hydroxyl groups is 1. The highest BCUT2D eigenvalue weighted by Gasteiger charge is 2.14. The fourth-order valence-corrected chi connectivity index (χ4v) is 2.74. The van der Waals surface area contributed by atoms with Crippen molar-refractivity contribution in [1.29, 1.82) is 5.26 Å². The Labute approximate surface area is 163 Å². The van der Waals surface area contributed by atoms with Gasteiger partial charge in [-0.2, -0.15) is 5.26 Å². The summed E-state index contributed by atoms with van der Waals surface area (Å²) in [6, 6.07) is 14.4. The fourth-order valence-electron chi connectivity index (χ4n) is 2.74. The molecule has 0 spiro atoms. The summed E-state index contributed by atoms with van der Waals surface area (Å²) in [7, 11) is 1.88. The molecule has 7 heteroatoms. The number of carbonyl (C=O) groups is 1. The van der Waals surface area contributed by atoms with Crippen LogP contribution in [0.1, 0.15) is 5.56 Å². The number of nitriles is 1. The molecule has 0 atom stereocenters. The highest BCUT2D eigenvalue weighted by molar-refractivity contribution is 6.09. The lowest BCUT2D eigenvalue weighted by Gasteiger charge is -2.19. The Bertz CT molecular complexity index is 916. The molecule has 0 aromatic heterocycles. The van der Waals surface area contributed by atoms with Crippen LogP contribution >= 0.6 is 0 Å². The molecule has 2 N–H and O–H groups in total. The molecule has 28 heavy (non-hydrogen) atoms. The third-order valence-electron chi connectivity index (χ3n) is 4.25. The normalized spacial score (nSPS) is 12.8. The van der Waals surface area contributed by atoms with Gasteiger partial charge in [-0.1, -0.05) is 12.1 Å². The summed E-state index contributed by atoms with van der Waals surface area (Å²) in [5.41, 5.74) is 2.18. The molecule has 1 amide bonds. The van der Waals surface area contributed by atoms with Crippen molar-refractivity contribution in [3.63, 3.8) is 0 Å². The van der Waals surface area contributed by atoms with Crippen molar-refractivity contribution in [1.82, 2.24) is 0 Å². The number of nitrogens with one attached hydrogen (secondary N) is 1. The van der Waals surface area contributed by atoms with E-state index in [1.807, 2.05) is 42.3 Å². The zero-order valence-corrected chi connectivity index (χ0v) is 15.5. The molecular formula is C21H21N3O4. The summed E-state index contributed by atoms with van der Waals surface area (Å²) < 4.78 is 11.0. The van der Waals surface area contributed by atoms with Crippen molar-refractivity contribution in [2.24, 2.45) is 0 Å². The number of anilines is 2. The summed E-state index contributed by atoms with van der Waals surface area (Å²) in [6.07, 6.45) is 1.53. The molecule has 2 aromatic carbocycles. The number of rotatable bonds is 6. The maximum absolute atomic E-state index is 12.5. The minimum absolute atomic E-state index is 0.00801. The van der Waals surface area contributed by atoms with Gasteiger partial charge in [-0.05, 0) is 35.9 Å². The van der Waals surface area contributed by atoms with Crippen LogP contribution in [0.3, 0.4) is 0 Å². The highest BCUT2D eigenvalue weighted by atomic mass is 16.6. The van der Waals surface area contributed by atoms with Gasteiger partial charge < -0.3 is 24.8 Å². The number of amides is 1. The van der Waals surface area contributed by atoms with E-state index in [1.54, 1.807) is 18.2 Å². The van der Waals surface area contributed by atoms with Crippen LogP contribution in [0.5, 0.6) is 11.5 Å². The van der Waals surface area contributed by atoms with Crippen LogP contribution in [-0.2, 0) is 4.79 Å². The number of carbonyl (C=O) groups excluding carboxylic acids is 1. The number of hydrogen-bond acceptors (Lipinski definition) is 6. The Kier molecular flexibility index (Phi) is 6.14. The predicted molar refractivity (Wildman–Crippen MR) is 106 cm³/mol. The van der Waals surface area contributed by atoms with Crippen LogP contribution in [-0.4, -0.2) is 44.4 Å². The maximum Gasteiger partial charge on any atom is 0.266 e. The third kappa shape index (κ3) is 4.61. The van der Waals surface area contributed by atoms with E-state index in [2.05, 4.69) is 5.32 Å². The summed E-state index contributed by atoms with van der Waals surface area (Å²) in [4.78, 5) is 14.4. The van der Waals surface area contributed by atoms with Gasteiger partial charge >= 0.3 is 0 Å². The molecule has 3 rings (SSSR count). The van der Waals surface area contributed by atoms with Crippen LogP contribution in [0.4, 0.5) is 11.4 Å². The summed E-state index contributed by atoms with van der Waals surface area (Å²) >= 11 is 0. The lowest BCUT2D eigenvalue weighted by Crippen LogP contribution is -2.20. The van der Waals surface area contributed by atoms with Crippen LogP contribution < -0.4 is 19.7 Å². The van der Waals surface area contributed by atoms with E-state index in [-0.39, 0.29) is 12.2 Å². The molecule has 0 bridgehead atoms. The molecule has 7 nitrogen and oxygen atoms in total. The lowest BCUT2D eigenvalue weighted by molar-refractivity contribution is -0.112. The van der Waals surface area contributed by atoms with Gasteiger partial charge in [0.15, 0.2) is 11.5 Å². The molecule has 144 valence electrons. The largest absolute Gasteiger partial charge is 0.486 e. The highest BCUT2D eigenvalue weighted by Crippen LogP contribution is 2.32. The monoisotopic (exact) mass is 379 g/mol. The van der Waals surface area contributed by atoms with Crippen LogP contribution in [0.2, 0.25) is 0 Å². The maximum atomic E-state index is 12.5. The molecule has 0 saturated carbocycles. The van der Waals surface area contributed by atoms with E-state index < -0.39 is 5.91 Å². The van der Waals surface area contributed by atoms with Crippen LogP contribution in [0.15, 0.2) is 48.0 Å². The average molecular weight is 379 g/mol. The molecule has 0 unspecified atom stereocenters. The number of likely N-dealkylation sites (N-methyl/N-ethyl adjacent to an activating group) is 1. The number of benzene rings is 2. The first-order chi connectivity index (χ1) is 13.6. The number of nitrogens with zero attached hydrogens (tertiary/aromatic N) is 2. The van der Waals surface area contributed by atoms with Crippen molar-refractivity contribution in [3.05, 3.63) is 53.6 Å². The minimum Gasteiger partial charge on any atom is -0.486 e.